The van der Waals surface area contributed by atoms with E-state index in [0.717, 1.165) is 24.1 Å². The van der Waals surface area contributed by atoms with Gasteiger partial charge in [0.1, 0.15) is 10.9 Å². The molecule has 0 aliphatic carbocycles. The van der Waals surface area contributed by atoms with Crippen molar-refractivity contribution in [2.45, 2.75) is 37.1 Å². The van der Waals surface area contributed by atoms with Crippen molar-refractivity contribution in [3.63, 3.8) is 0 Å². The topological polar surface area (TPSA) is 49.4 Å². The molecule has 130 valence electrons. The largest absolute Gasteiger partial charge is 0.324 e. The van der Waals surface area contributed by atoms with E-state index in [1.54, 1.807) is 23.1 Å². The van der Waals surface area contributed by atoms with Gasteiger partial charge in [0, 0.05) is 22.7 Å². The first-order valence-corrected chi connectivity index (χ1v) is 10.4. The van der Waals surface area contributed by atoms with Crippen molar-refractivity contribution in [3.05, 3.63) is 52.2 Å². The lowest BCUT2D eigenvalue weighted by Crippen LogP contribution is -2.47. The fourth-order valence-electron chi connectivity index (χ4n) is 3.75. The summed E-state index contributed by atoms with van der Waals surface area (Å²) >= 11 is 3.40. The number of nitrogens with one attached hydrogen (secondary N) is 1. The van der Waals surface area contributed by atoms with Crippen LogP contribution in [0.3, 0.4) is 0 Å². The van der Waals surface area contributed by atoms with E-state index < -0.39 is 6.04 Å². The number of nitrogens with zero attached hydrogens (tertiary/aromatic N) is 1. The zero-order valence-electron chi connectivity index (χ0n) is 14.0. The lowest BCUT2D eigenvalue weighted by molar-refractivity contribution is -0.136. The molecule has 2 aliphatic heterocycles. The second-order valence-electron chi connectivity index (χ2n) is 6.35. The molecular formula is C19H20N2O2S2. The van der Waals surface area contributed by atoms with Gasteiger partial charge in [-0.3, -0.25) is 9.59 Å². The lowest BCUT2D eigenvalue weighted by atomic mass is 10.1. The number of carbonyl (C=O) groups excluding carboxylic acids is 2. The second-order valence-corrected chi connectivity index (χ2v) is 8.60. The van der Waals surface area contributed by atoms with E-state index in [-0.39, 0.29) is 16.7 Å². The second kappa shape index (κ2) is 6.50. The molecule has 2 atom stereocenters. The summed E-state index contributed by atoms with van der Waals surface area (Å²) < 4.78 is 0. The smallest absolute Gasteiger partial charge is 0.248 e. The predicted molar refractivity (Wildman–Crippen MR) is 103 cm³/mol. The number of fused-ring (bicyclic) bond motifs is 1. The van der Waals surface area contributed by atoms with Crippen molar-refractivity contribution in [2.24, 2.45) is 0 Å². The van der Waals surface area contributed by atoms with Gasteiger partial charge in [-0.1, -0.05) is 31.2 Å². The minimum Gasteiger partial charge on any atom is -0.324 e. The van der Waals surface area contributed by atoms with Gasteiger partial charge in [0.15, 0.2) is 0 Å². The minimum absolute atomic E-state index is 0.0814. The maximum absolute atomic E-state index is 13.0. The van der Waals surface area contributed by atoms with Crippen molar-refractivity contribution in [1.29, 1.82) is 0 Å². The van der Waals surface area contributed by atoms with Crippen molar-refractivity contribution in [1.82, 2.24) is 4.90 Å². The number of benzene rings is 1. The Morgan fingerprint density at radius 3 is 2.92 bits per heavy atom. The fourth-order valence-corrected chi connectivity index (χ4v) is 6.48. The Balaban J connectivity index is 1.61. The van der Waals surface area contributed by atoms with Gasteiger partial charge < -0.3 is 10.2 Å². The predicted octanol–water partition coefficient (Wildman–Crippen LogP) is 3.84. The van der Waals surface area contributed by atoms with Gasteiger partial charge >= 0.3 is 0 Å². The molecule has 2 aromatic rings. The molecular weight excluding hydrogens is 352 g/mol. The zero-order valence-corrected chi connectivity index (χ0v) is 15.7. The Hall–Kier alpha value is -1.79. The molecule has 0 radical (unpaired) electrons. The van der Waals surface area contributed by atoms with Crippen LogP contribution >= 0.6 is 23.1 Å². The molecule has 1 aromatic heterocycles. The third-order valence-electron chi connectivity index (χ3n) is 4.99. The van der Waals surface area contributed by atoms with Gasteiger partial charge in [0.25, 0.3) is 0 Å². The highest BCUT2D eigenvalue weighted by Crippen LogP contribution is 2.55. The van der Waals surface area contributed by atoms with Crippen LogP contribution in [0.5, 0.6) is 0 Å². The van der Waals surface area contributed by atoms with Crippen LogP contribution in [0.15, 0.2) is 41.8 Å². The highest BCUT2D eigenvalue weighted by atomic mass is 32.2. The Bertz CT molecular complexity index is 806. The Morgan fingerprint density at radius 2 is 2.16 bits per heavy atom. The molecule has 2 saturated heterocycles. The highest BCUT2D eigenvalue weighted by molar-refractivity contribution is 8.00. The van der Waals surface area contributed by atoms with E-state index in [9.17, 15) is 9.59 Å². The number of aryl methyl sites for hydroxylation is 1. The SMILES string of the molecule is CCc1ccccc1NC(=O)C1CSC2(c3cccs3)CCC(=O)N12. The third-order valence-corrected chi connectivity index (χ3v) is 7.72. The van der Waals surface area contributed by atoms with Crippen molar-refractivity contribution >= 4 is 40.6 Å². The molecule has 1 aromatic carbocycles. The Labute approximate surface area is 155 Å². The van der Waals surface area contributed by atoms with Gasteiger partial charge in [-0.15, -0.1) is 23.1 Å². The highest BCUT2D eigenvalue weighted by Gasteiger charge is 2.57. The normalized spacial score (nSPS) is 25.2. The molecule has 1 N–H and O–H groups in total. The summed E-state index contributed by atoms with van der Waals surface area (Å²) in [4.78, 5) is 28.2. The van der Waals surface area contributed by atoms with E-state index in [1.807, 2.05) is 40.6 Å². The van der Waals surface area contributed by atoms with Crippen LogP contribution in [0, 0.1) is 0 Å². The average Bonchev–Trinajstić information content (AvgIpc) is 3.33. The number of rotatable bonds is 4. The summed E-state index contributed by atoms with van der Waals surface area (Å²) in [5.74, 6) is 0.647. The minimum atomic E-state index is -0.410. The van der Waals surface area contributed by atoms with E-state index in [0.29, 0.717) is 12.2 Å². The number of carbonyl (C=O) groups is 2. The summed E-state index contributed by atoms with van der Waals surface area (Å²) in [6.07, 6.45) is 2.16. The summed E-state index contributed by atoms with van der Waals surface area (Å²) in [7, 11) is 0. The number of para-hydroxylation sites is 1. The van der Waals surface area contributed by atoms with E-state index in [1.165, 1.54) is 4.88 Å². The maximum Gasteiger partial charge on any atom is 0.248 e. The molecule has 2 unspecified atom stereocenters. The van der Waals surface area contributed by atoms with Crippen LogP contribution < -0.4 is 5.32 Å². The van der Waals surface area contributed by atoms with Crippen molar-refractivity contribution < 1.29 is 9.59 Å². The monoisotopic (exact) mass is 372 g/mol. The summed E-state index contributed by atoms with van der Waals surface area (Å²) in [5.41, 5.74) is 1.96. The number of amides is 2. The first-order chi connectivity index (χ1) is 12.2. The summed E-state index contributed by atoms with van der Waals surface area (Å²) in [6, 6.07) is 11.5. The summed E-state index contributed by atoms with van der Waals surface area (Å²) in [5, 5.41) is 5.09. The first-order valence-electron chi connectivity index (χ1n) is 8.54. The Morgan fingerprint density at radius 1 is 1.32 bits per heavy atom. The quantitative estimate of drug-likeness (QED) is 0.887. The molecule has 2 fully saturated rings. The van der Waals surface area contributed by atoms with Crippen LogP contribution in [0.2, 0.25) is 0 Å². The number of hydrogen-bond donors (Lipinski definition) is 1. The van der Waals surface area contributed by atoms with E-state index >= 15 is 0 Å². The van der Waals surface area contributed by atoms with Gasteiger partial charge in [-0.25, -0.2) is 0 Å². The molecule has 0 spiro atoms. The van der Waals surface area contributed by atoms with Gasteiger partial charge in [0.2, 0.25) is 11.8 Å². The first kappa shape index (κ1) is 16.7. The number of anilines is 1. The Kier molecular flexibility index (Phi) is 4.33. The molecule has 6 heteroatoms. The van der Waals surface area contributed by atoms with Crippen molar-refractivity contribution in [3.8, 4) is 0 Å². The van der Waals surface area contributed by atoms with Crippen LogP contribution in [0.4, 0.5) is 5.69 Å². The number of hydrogen-bond acceptors (Lipinski definition) is 4. The zero-order chi connectivity index (χ0) is 17.4. The number of thioether (sulfide) groups is 1. The van der Waals surface area contributed by atoms with Crippen molar-refractivity contribution in [2.75, 3.05) is 11.1 Å². The molecule has 4 rings (SSSR count). The van der Waals surface area contributed by atoms with Crippen LogP contribution in [-0.4, -0.2) is 28.5 Å². The maximum atomic E-state index is 13.0. The summed E-state index contributed by atoms with van der Waals surface area (Å²) in [6.45, 7) is 2.07. The van der Waals surface area contributed by atoms with Crippen LogP contribution in [0.25, 0.3) is 0 Å². The van der Waals surface area contributed by atoms with Gasteiger partial charge in [-0.05, 0) is 35.9 Å². The molecule has 0 saturated carbocycles. The molecule has 2 amide bonds. The molecule has 4 nitrogen and oxygen atoms in total. The third kappa shape index (κ3) is 2.68. The fraction of sp³-hybridized carbons (Fsp3) is 0.368. The molecule has 25 heavy (non-hydrogen) atoms. The van der Waals surface area contributed by atoms with Crippen LogP contribution in [-0.2, 0) is 20.9 Å². The molecule has 3 heterocycles. The standard InChI is InChI=1S/C19H20N2O2S2/c1-2-13-6-3-4-7-14(13)20-18(23)15-12-25-19(16-8-5-11-24-16)10-9-17(22)21(15)19/h3-8,11,15H,2,9-10,12H2,1H3,(H,20,23). The van der Waals surface area contributed by atoms with Gasteiger partial charge in [-0.2, -0.15) is 0 Å². The van der Waals surface area contributed by atoms with Crippen LogP contribution in [0.1, 0.15) is 30.2 Å². The average molecular weight is 373 g/mol. The van der Waals surface area contributed by atoms with Gasteiger partial charge in [0.05, 0.1) is 0 Å². The lowest BCUT2D eigenvalue weighted by Gasteiger charge is -2.32. The van der Waals surface area contributed by atoms with E-state index in [2.05, 4.69) is 18.3 Å². The molecule has 2 aliphatic rings. The molecule has 0 bridgehead atoms. The van der Waals surface area contributed by atoms with E-state index in [4.69, 9.17) is 0 Å². The number of thiophene rings is 1.